The lowest BCUT2D eigenvalue weighted by molar-refractivity contribution is 0.415. The number of rotatable bonds is 8. The molecule has 0 radical (unpaired) electrons. The number of hydrogen-bond acceptors (Lipinski definition) is 5. The molecule has 0 aliphatic heterocycles. The number of benzene rings is 2. The number of fused-ring (bicyclic) bond motifs is 1. The normalized spacial score (nSPS) is 13.1. The van der Waals surface area contributed by atoms with Crippen molar-refractivity contribution in [3.05, 3.63) is 59.9 Å². The molecule has 2 aromatic carbocycles. The Kier molecular flexibility index (Phi) is 7.98. The summed E-state index contributed by atoms with van der Waals surface area (Å²) in [5, 5.41) is 2.98. The summed E-state index contributed by atoms with van der Waals surface area (Å²) < 4.78 is 14.0. The fraction of sp³-hybridized carbons (Fsp3) is 0.400. The molecule has 4 nitrogen and oxygen atoms in total. The smallest absolute Gasteiger partial charge is 0.118 e. The molecule has 9 heteroatoms. The standard InChI is InChI=1S/C30H44N2O2SSi4/c1-21-22(2)32-28-27(31-21)29(38(9,10)36(5,6)25-17-13-23(33-3)14-18-25)35-30(28)39(11,12)37(7,8)26-19-15-24(34-4)16-20-26/h13-20H,1-12H3. The number of methoxy groups -OCH3 is 2. The topological polar surface area (TPSA) is 44.2 Å². The van der Waals surface area contributed by atoms with Crippen molar-refractivity contribution < 1.29 is 9.47 Å². The van der Waals surface area contributed by atoms with Crippen LogP contribution in [-0.4, -0.2) is 54.6 Å². The Hall–Kier alpha value is -2.05. The van der Waals surface area contributed by atoms with Gasteiger partial charge in [-0.2, -0.15) is 11.3 Å². The largest absolute Gasteiger partial charge is 0.497 e. The van der Waals surface area contributed by atoms with Crippen molar-refractivity contribution in [2.45, 2.75) is 66.2 Å². The van der Waals surface area contributed by atoms with Crippen LogP contribution in [0, 0.1) is 13.8 Å². The highest BCUT2D eigenvalue weighted by Crippen LogP contribution is 2.30. The Balaban J connectivity index is 1.93. The second-order valence-corrected chi connectivity index (χ2v) is 44.7. The Bertz CT molecular complexity index is 1380. The minimum absolute atomic E-state index is 0.919. The molecule has 39 heavy (non-hydrogen) atoms. The van der Waals surface area contributed by atoms with Crippen molar-refractivity contribution in [1.29, 1.82) is 0 Å². The SMILES string of the molecule is COc1ccc([Si](C)(C)[Si](C)(C)c2sc([Si](C)(C)[Si](C)(C)c3ccc(OC)cc3)c3nc(C)c(C)nc23)cc1. The summed E-state index contributed by atoms with van der Waals surface area (Å²) in [6.45, 7) is 24.8. The molecule has 0 bridgehead atoms. The van der Waals surface area contributed by atoms with Crippen LogP contribution in [0.25, 0.3) is 11.0 Å². The highest BCUT2D eigenvalue weighted by Gasteiger charge is 2.50. The molecule has 0 aliphatic carbocycles. The average molecular weight is 609 g/mol. The first kappa shape index (κ1) is 29.9. The van der Waals surface area contributed by atoms with Crippen LogP contribution in [0.5, 0.6) is 11.5 Å². The van der Waals surface area contributed by atoms with Crippen molar-refractivity contribution in [2.75, 3.05) is 14.2 Å². The van der Waals surface area contributed by atoms with Gasteiger partial charge in [0, 0.05) is 9.00 Å². The maximum atomic E-state index is 5.47. The third kappa shape index (κ3) is 4.90. The van der Waals surface area contributed by atoms with Gasteiger partial charge in [0.2, 0.25) is 0 Å². The molecule has 4 rings (SSSR count). The molecular formula is C30H44N2O2SSi4. The zero-order valence-electron chi connectivity index (χ0n) is 25.7. The number of nitrogens with zero attached hydrogens (tertiary/aromatic N) is 2. The van der Waals surface area contributed by atoms with Gasteiger partial charge in [-0.25, -0.2) is 9.97 Å². The minimum Gasteiger partial charge on any atom is -0.497 e. The summed E-state index contributed by atoms with van der Waals surface area (Å²) in [6, 6.07) is 17.7. The monoisotopic (exact) mass is 608 g/mol. The third-order valence-corrected chi connectivity index (χ3v) is 49.9. The number of aromatic nitrogens is 2. The third-order valence-electron chi connectivity index (χ3n) is 9.82. The van der Waals surface area contributed by atoms with Crippen LogP contribution < -0.4 is 28.8 Å². The Morgan fingerprint density at radius 1 is 0.513 bits per heavy atom. The molecule has 0 spiro atoms. The highest BCUT2D eigenvalue weighted by molar-refractivity contribution is 7.61. The van der Waals surface area contributed by atoms with Gasteiger partial charge in [-0.05, 0) is 38.1 Å². The van der Waals surface area contributed by atoms with E-state index in [2.05, 4.69) is 126 Å². The molecule has 0 saturated heterocycles. The van der Waals surface area contributed by atoms with Gasteiger partial charge in [-0.3, -0.25) is 0 Å². The molecule has 0 amide bonds. The molecular weight excluding hydrogens is 565 g/mol. The summed E-state index contributed by atoms with van der Waals surface area (Å²) in [7, 11) is -4.15. The maximum absolute atomic E-state index is 5.47. The van der Waals surface area contributed by atoms with E-state index < -0.39 is 30.4 Å². The van der Waals surface area contributed by atoms with Crippen LogP contribution in [0.2, 0.25) is 52.4 Å². The number of thiophene rings is 1. The fourth-order valence-electron chi connectivity index (χ4n) is 5.27. The number of aryl methyl sites for hydroxylation is 2. The van der Waals surface area contributed by atoms with E-state index in [0.29, 0.717) is 0 Å². The van der Waals surface area contributed by atoms with Crippen molar-refractivity contribution in [3.63, 3.8) is 0 Å². The van der Waals surface area contributed by atoms with Crippen LogP contribution in [0.3, 0.4) is 0 Å². The highest BCUT2D eigenvalue weighted by atomic mass is 32.1. The summed E-state index contributed by atoms with van der Waals surface area (Å²) >= 11 is 2.08. The van der Waals surface area contributed by atoms with Gasteiger partial charge in [0.05, 0.1) is 67.0 Å². The van der Waals surface area contributed by atoms with Crippen molar-refractivity contribution in [3.8, 4) is 11.5 Å². The predicted octanol–water partition coefficient (Wildman–Crippen LogP) is 5.54. The average Bonchev–Trinajstić information content (AvgIpc) is 3.28. The van der Waals surface area contributed by atoms with Gasteiger partial charge < -0.3 is 9.47 Å². The number of hydrogen-bond donors (Lipinski definition) is 0. The lowest BCUT2D eigenvalue weighted by Crippen LogP contribution is -2.69. The van der Waals surface area contributed by atoms with Crippen molar-refractivity contribution in [1.82, 2.24) is 9.97 Å². The Morgan fingerprint density at radius 2 is 0.821 bits per heavy atom. The van der Waals surface area contributed by atoms with E-state index in [1.54, 1.807) is 14.2 Å². The van der Waals surface area contributed by atoms with Gasteiger partial charge in [-0.15, -0.1) is 0 Å². The van der Waals surface area contributed by atoms with E-state index >= 15 is 0 Å². The number of ether oxygens (including phenoxy) is 2. The summed E-state index contributed by atoms with van der Waals surface area (Å²) in [5.41, 5.74) is 4.47. The Morgan fingerprint density at radius 3 is 1.10 bits per heavy atom. The molecule has 2 heterocycles. The zero-order chi connectivity index (χ0) is 29.0. The van der Waals surface area contributed by atoms with Gasteiger partial charge >= 0.3 is 0 Å². The molecule has 0 N–H and O–H groups in total. The molecule has 0 unspecified atom stereocenters. The predicted molar refractivity (Wildman–Crippen MR) is 181 cm³/mol. The van der Waals surface area contributed by atoms with Crippen LogP contribution in [0.15, 0.2) is 48.5 Å². The summed E-state index contributed by atoms with van der Waals surface area (Å²) in [6.07, 6.45) is 0. The van der Waals surface area contributed by atoms with E-state index in [9.17, 15) is 0 Å². The van der Waals surface area contributed by atoms with Crippen molar-refractivity contribution >= 4 is 72.1 Å². The molecule has 2 aromatic heterocycles. The van der Waals surface area contributed by atoms with Gasteiger partial charge in [0.1, 0.15) is 11.5 Å². The molecule has 0 fully saturated rings. The first-order valence-electron chi connectivity index (χ1n) is 13.7. The van der Waals surface area contributed by atoms with Crippen LogP contribution in [0.4, 0.5) is 0 Å². The quantitative estimate of drug-likeness (QED) is 0.246. The van der Waals surface area contributed by atoms with Gasteiger partial charge in [0.15, 0.2) is 0 Å². The van der Waals surface area contributed by atoms with Gasteiger partial charge in [0.25, 0.3) is 0 Å². The fourth-order valence-corrected chi connectivity index (χ4v) is 30.0. The zero-order valence-corrected chi connectivity index (χ0v) is 30.6. The first-order valence-corrected chi connectivity index (χ1v) is 28.5. The van der Waals surface area contributed by atoms with E-state index in [-0.39, 0.29) is 0 Å². The molecule has 0 saturated carbocycles. The second-order valence-electron chi connectivity index (χ2n) is 12.8. The Labute approximate surface area is 242 Å². The maximum Gasteiger partial charge on any atom is 0.118 e. The first-order chi connectivity index (χ1) is 18.1. The van der Waals surface area contributed by atoms with Crippen LogP contribution >= 0.6 is 11.3 Å². The van der Waals surface area contributed by atoms with E-state index in [1.807, 2.05) is 0 Å². The van der Waals surface area contributed by atoms with E-state index in [0.717, 1.165) is 22.9 Å². The van der Waals surface area contributed by atoms with E-state index in [1.165, 1.54) is 30.4 Å². The van der Waals surface area contributed by atoms with Crippen LogP contribution in [-0.2, 0) is 0 Å². The van der Waals surface area contributed by atoms with Gasteiger partial charge in [-0.1, -0.05) is 87.0 Å². The summed E-state index contributed by atoms with van der Waals surface area (Å²) in [5.74, 6) is 1.84. The molecule has 4 aromatic rings. The molecule has 0 atom stereocenters. The molecule has 0 aliphatic rings. The van der Waals surface area contributed by atoms with Crippen LogP contribution in [0.1, 0.15) is 11.4 Å². The second kappa shape index (κ2) is 10.4. The van der Waals surface area contributed by atoms with E-state index in [4.69, 9.17) is 19.4 Å². The summed E-state index contributed by atoms with van der Waals surface area (Å²) in [4.78, 5) is 10.6. The lowest BCUT2D eigenvalue weighted by Gasteiger charge is -2.39. The van der Waals surface area contributed by atoms with Crippen molar-refractivity contribution in [2.24, 2.45) is 0 Å². The molecule has 208 valence electrons. The lowest BCUT2D eigenvalue weighted by atomic mass is 10.3. The minimum atomic E-state index is -1.95.